The average Bonchev–Trinajstić information content (AvgIpc) is 2.09. The minimum atomic E-state index is 0.704. The van der Waals surface area contributed by atoms with Gasteiger partial charge in [-0.05, 0) is 32.2 Å². The zero-order chi connectivity index (χ0) is 8.97. The molecule has 1 heteroatoms. The van der Waals surface area contributed by atoms with Crippen LogP contribution >= 0.6 is 0 Å². The lowest BCUT2D eigenvalue weighted by atomic mass is 9.77. The Morgan fingerprint density at radius 1 is 1.33 bits per heavy atom. The Balaban J connectivity index is 2.28. The van der Waals surface area contributed by atoms with Gasteiger partial charge in [-0.3, -0.25) is 0 Å². The minimum absolute atomic E-state index is 0.704. The molecule has 0 saturated heterocycles. The molecule has 1 rings (SSSR count). The molecule has 1 saturated carbocycles. The molecule has 1 aliphatic carbocycles. The third-order valence-electron chi connectivity index (χ3n) is 3.44. The molecule has 0 heterocycles. The molecule has 1 aliphatic rings. The molecule has 0 radical (unpaired) electrons. The first kappa shape index (κ1) is 10.0. The summed E-state index contributed by atoms with van der Waals surface area (Å²) in [6, 6.07) is 0.704. The zero-order valence-corrected chi connectivity index (χ0v) is 8.77. The fourth-order valence-corrected chi connectivity index (χ4v) is 2.32. The SMILES string of the molecule is CNC(C)CC1CCCCC1C. The topological polar surface area (TPSA) is 12.0 Å². The Labute approximate surface area is 76.9 Å². The van der Waals surface area contributed by atoms with Crippen molar-refractivity contribution >= 4 is 0 Å². The van der Waals surface area contributed by atoms with E-state index in [-0.39, 0.29) is 0 Å². The number of hydrogen-bond acceptors (Lipinski definition) is 1. The third kappa shape index (κ3) is 2.78. The second-order valence-electron chi connectivity index (χ2n) is 4.45. The van der Waals surface area contributed by atoms with E-state index >= 15 is 0 Å². The molecule has 3 atom stereocenters. The van der Waals surface area contributed by atoms with Crippen molar-refractivity contribution in [1.29, 1.82) is 0 Å². The predicted octanol–water partition coefficient (Wildman–Crippen LogP) is 2.81. The molecule has 0 aromatic heterocycles. The Kier molecular flexibility index (Phi) is 4.07. The van der Waals surface area contributed by atoms with Gasteiger partial charge in [-0.1, -0.05) is 32.6 Å². The van der Waals surface area contributed by atoms with Crippen LogP contribution in [0, 0.1) is 11.8 Å². The Bertz CT molecular complexity index is 122. The van der Waals surface area contributed by atoms with E-state index in [0.29, 0.717) is 6.04 Å². The Morgan fingerprint density at radius 3 is 2.58 bits per heavy atom. The maximum atomic E-state index is 3.33. The highest BCUT2D eigenvalue weighted by Gasteiger charge is 2.22. The molecule has 0 aromatic carbocycles. The van der Waals surface area contributed by atoms with Crippen LogP contribution < -0.4 is 5.32 Å². The van der Waals surface area contributed by atoms with Crippen LogP contribution in [0.5, 0.6) is 0 Å². The number of hydrogen-bond donors (Lipinski definition) is 1. The Morgan fingerprint density at radius 2 is 2.00 bits per heavy atom. The lowest BCUT2D eigenvalue weighted by Crippen LogP contribution is -2.28. The molecule has 1 N–H and O–H groups in total. The highest BCUT2D eigenvalue weighted by molar-refractivity contribution is 4.75. The van der Waals surface area contributed by atoms with Crippen LogP contribution in [0.3, 0.4) is 0 Å². The largest absolute Gasteiger partial charge is 0.317 e. The van der Waals surface area contributed by atoms with Crippen LogP contribution in [-0.2, 0) is 0 Å². The molecular weight excluding hydrogens is 146 g/mol. The van der Waals surface area contributed by atoms with E-state index in [2.05, 4.69) is 26.2 Å². The molecular formula is C11H23N. The number of nitrogens with one attached hydrogen (secondary N) is 1. The molecule has 0 aliphatic heterocycles. The molecule has 3 unspecified atom stereocenters. The summed E-state index contributed by atoms with van der Waals surface area (Å²) in [4.78, 5) is 0. The van der Waals surface area contributed by atoms with Crippen molar-refractivity contribution in [2.45, 2.75) is 52.0 Å². The normalized spacial score (nSPS) is 33.2. The van der Waals surface area contributed by atoms with E-state index in [1.54, 1.807) is 0 Å². The van der Waals surface area contributed by atoms with E-state index in [1.807, 2.05) is 0 Å². The highest BCUT2D eigenvalue weighted by Crippen LogP contribution is 2.32. The average molecular weight is 169 g/mol. The first-order chi connectivity index (χ1) is 5.74. The van der Waals surface area contributed by atoms with Crippen molar-refractivity contribution in [2.75, 3.05) is 7.05 Å². The van der Waals surface area contributed by atoms with Crippen LogP contribution in [0.2, 0.25) is 0 Å². The first-order valence-electron chi connectivity index (χ1n) is 5.41. The summed E-state index contributed by atoms with van der Waals surface area (Å²) in [7, 11) is 2.07. The summed E-state index contributed by atoms with van der Waals surface area (Å²) >= 11 is 0. The van der Waals surface area contributed by atoms with Gasteiger partial charge >= 0.3 is 0 Å². The molecule has 0 spiro atoms. The summed E-state index contributed by atoms with van der Waals surface area (Å²) in [5.74, 6) is 1.95. The van der Waals surface area contributed by atoms with Crippen molar-refractivity contribution in [1.82, 2.24) is 5.32 Å². The minimum Gasteiger partial charge on any atom is -0.317 e. The highest BCUT2D eigenvalue weighted by atomic mass is 14.8. The lowest BCUT2D eigenvalue weighted by molar-refractivity contribution is 0.225. The molecule has 0 bridgehead atoms. The first-order valence-corrected chi connectivity index (χ1v) is 5.41. The zero-order valence-electron chi connectivity index (χ0n) is 8.77. The standard InChI is InChI=1S/C11H23N/c1-9-6-4-5-7-11(9)8-10(2)12-3/h9-12H,4-8H2,1-3H3. The van der Waals surface area contributed by atoms with Gasteiger partial charge in [-0.2, -0.15) is 0 Å². The Hall–Kier alpha value is -0.0400. The van der Waals surface area contributed by atoms with E-state index < -0.39 is 0 Å². The van der Waals surface area contributed by atoms with Gasteiger partial charge in [0.15, 0.2) is 0 Å². The van der Waals surface area contributed by atoms with Crippen molar-refractivity contribution in [3.8, 4) is 0 Å². The van der Waals surface area contributed by atoms with Crippen LogP contribution in [0.25, 0.3) is 0 Å². The van der Waals surface area contributed by atoms with Crippen molar-refractivity contribution < 1.29 is 0 Å². The van der Waals surface area contributed by atoms with Gasteiger partial charge in [0.2, 0.25) is 0 Å². The monoisotopic (exact) mass is 169 g/mol. The van der Waals surface area contributed by atoms with Gasteiger partial charge in [0, 0.05) is 6.04 Å². The summed E-state index contributed by atoms with van der Waals surface area (Å²) in [5, 5.41) is 3.33. The molecule has 0 amide bonds. The summed E-state index contributed by atoms with van der Waals surface area (Å²) in [5.41, 5.74) is 0. The van der Waals surface area contributed by atoms with Crippen LogP contribution in [0.15, 0.2) is 0 Å². The maximum Gasteiger partial charge on any atom is 0.00384 e. The molecule has 72 valence electrons. The van der Waals surface area contributed by atoms with Crippen LogP contribution in [-0.4, -0.2) is 13.1 Å². The van der Waals surface area contributed by atoms with Crippen molar-refractivity contribution in [2.24, 2.45) is 11.8 Å². The molecule has 1 nitrogen and oxygen atoms in total. The second kappa shape index (κ2) is 4.86. The van der Waals surface area contributed by atoms with Gasteiger partial charge in [-0.15, -0.1) is 0 Å². The van der Waals surface area contributed by atoms with Gasteiger partial charge in [-0.25, -0.2) is 0 Å². The van der Waals surface area contributed by atoms with Crippen LogP contribution in [0.4, 0.5) is 0 Å². The van der Waals surface area contributed by atoms with E-state index in [0.717, 1.165) is 11.8 Å². The fraction of sp³-hybridized carbons (Fsp3) is 1.00. The molecule has 1 fully saturated rings. The van der Waals surface area contributed by atoms with Gasteiger partial charge in [0.25, 0.3) is 0 Å². The van der Waals surface area contributed by atoms with Gasteiger partial charge < -0.3 is 5.32 Å². The number of rotatable bonds is 3. The quantitative estimate of drug-likeness (QED) is 0.685. The van der Waals surface area contributed by atoms with E-state index in [1.165, 1.54) is 32.1 Å². The summed E-state index contributed by atoms with van der Waals surface area (Å²) < 4.78 is 0. The smallest absolute Gasteiger partial charge is 0.00384 e. The van der Waals surface area contributed by atoms with Crippen molar-refractivity contribution in [3.05, 3.63) is 0 Å². The predicted molar refractivity (Wildman–Crippen MR) is 54.3 cm³/mol. The van der Waals surface area contributed by atoms with E-state index in [4.69, 9.17) is 0 Å². The third-order valence-corrected chi connectivity index (χ3v) is 3.44. The van der Waals surface area contributed by atoms with E-state index in [9.17, 15) is 0 Å². The maximum absolute atomic E-state index is 3.33. The second-order valence-corrected chi connectivity index (χ2v) is 4.45. The molecule has 0 aromatic rings. The lowest BCUT2D eigenvalue weighted by Gasteiger charge is -2.30. The fourth-order valence-electron chi connectivity index (χ4n) is 2.32. The van der Waals surface area contributed by atoms with Crippen molar-refractivity contribution in [3.63, 3.8) is 0 Å². The molecule has 12 heavy (non-hydrogen) atoms. The van der Waals surface area contributed by atoms with Crippen LogP contribution in [0.1, 0.15) is 46.0 Å². The summed E-state index contributed by atoms with van der Waals surface area (Å²) in [6.07, 6.45) is 7.23. The summed E-state index contributed by atoms with van der Waals surface area (Å²) in [6.45, 7) is 4.72. The van der Waals surface area contributed by atoms with Gasteiger partial charge in [0.05, 0.1) is 0 Å². The van der Waals surface area contributed by atoms with Gasteiger partial charge in [0.1, 0.15) is 0 Å².